The van der Waals surface area contributed by atoms with Gasteiger partial charge < -0.3 is 5.11 Å². The second kappa shape index (κ2) is 2.09. The van der Waals surface area contributed by atoms with Crippen molar-refractivity contribution in [3.8, 4) is 0 Å². The van der Waals surface area contributed by atoms with Crippen molar-refractivity contribution in [1.82, 2.24) is 4.90 Å². The number of hydrogen-bond donors (Lipinski definition) is 1. The van der Waals surface area contributed by atoms with E-state index in [1.807, 2.05) is 13.0 Å². The number of carboxylic acid groups (broad SMARTS) is 1. The van der Waals surface area contributed by atoms with Crippen LogP contribution in [-0.2, 0) is 0 Å². The van der Waals surface area contributed by atoms with Crippen molar-refractivity contribution in [1.29, 1.82) is 0 Å². The largest absolute Gasteiger partial charge is 0.465 e. The second-order valence-corrected chi connectivity index (χ2v) is 2.25. The summed E-state index contributed by atoms with van der Waals surface area (Å²) in [4.78, 5) is 11.5. The van der Waals surface area contributed by atoms with Gasteiger partial charge >= 0.3 is 6.09 Å². The summed E-state index contributed by atoms with van der Waals surface area (Å²) < 4.78 is 0. The third-order valence-corrected chi connectivity index (χ3v) is 1.32. The van der Waals surface area contributed by atoms with Crippen LogP contribution in [-0.4, -0.2) is 22.6 Å². The van der Waals surface area contributed by atoms with Gasteiger partial charge in [0.2, 0.25) is 0 Å². The molecular formula is C6H9NO2. The summed E-state index contributed by atoms with van der Waals surface area (Å²) in [5, 5.41) is 8.41. The molecule has 9 heavy (non-hydrogen) atoms. The van der Waals surface area contributed by atoms with Gasteiger partial charge in [-0.1, -0.05) is 13.0 Å². The van der Waals surface area contributed by atoms with E-state index in [1.165, 1.54) is 4.90 Å². The van der Waals surface area contributed by atoms with E-state index in [1.54, 1.807) is 6.20 Å². The van der Waals surface area contributed by atoms with Gasteiger partial charge in [-0.25, -0.2) is 4.79 Å². The van der Waals surface area contributed by atoms with Crippen LogP contribution in [0.15, 0.2) is 12.3 Å². The number of amides is 1. The van der Waals surface area contributed by atoms with Crippen LogP contribution in [0.1, 0.15) is 6.92 Å². The molecule has 0 spiro atoms. The smallest absolute Gasteiger partial charge is 0.411 e. The van der Waals surface area contributed by atoms with Gasteiger partial charge in [-0.3, -0.25) is 4.90 Å². The summed E-state index contributed by atoms with van der Waals surface area (Å²) in [6.45, 7) is 2.59. The van der Waals surface area contributed by atoms with Gasteiger partial charge in [-0.2, -0.15) is 0 Å². The van der Waals surface area contributed by atoms with E-state index in [-0.39, 0.29) is 0 Å². The van der Waals surface area contributed by atoms with Crippen LogP contribution < -0.4 is 0 Å². The molecule has 0 fully saturated rings. The van der Waals surface area contributed by atoms with Crippen LogP contribution in [0.2, 0.25) is 0 Å². The van der Waals surface area contributed by atoms with Gasteiger partial charge in [0.25, 0.3) is 0 Å². The van der Waals surface area contributed by atoms with Gasteiger partial charge in [0.05, 0.1) is 0 Å². The summed E-state index contributed by atoms with van der Waals surface area (Å²) in [5.41, 5.74) is 0. The highest BCUT2D eigenvalue weighted by Gasteiger charge is 2.15. The Balaban J connectivity index is 2.50. The summed E-state index contributed by atoms with van der Waals surface area (Å²) in [6, 6.07) is 0. The van der Waals surface area contributed by atoms with Gasteiger partial charge in [0.1, 0.15) is 0 Å². The summed E-state index contributed by atoms with van der Waals surface area (Å²) in [6.07, 6.45) is 2.62. The molecule has 1 rings (SSSR count). The van der Waals surface area contributed by atoms with E-state index in [2.05, 4.69) is 0 Å². The van der Waals surface area contributed by atoms with E-state index < -0.39 is 6.09 Å². The molecule has 1 aliphatic rings. The van der Waals surface area contributed by atoms with Gasteiger partial charge in [0, 0.05) is 12.7 Å². The summed E-state index contributed by atoms with van der Waals surface area (Å²) >= 11 is 0. The van der Waals surface area contributed by atoms with Crippen molar-refractivity contribution in [2.45, 2.75) is 6.92 Å². The molecule has 3 heteroatoms. The highest BCUT2D eigenvalue weighted by Crippen LogP contribution is 2.10. The third-order valence-electron chi connectivity index (χ3n) is 1.32. The quantitative estimate of drug-likeness (QED) is 0.530. The molecule has 0 saturated heterocycles. The second-order valence-electron chi connectivity index (χ2n) is 2.25. The number of rotatable bonds is 0. The van der Waals surface area contributed by atoms with Crippen molar-refractivity contribution in [3.63, 3.8) is 0 Å². The van der Waals surface area contributed by atoms with E-state index in [4.69, 9.17) is 5.11 Å². The maximum Gasteiger partial charge on any atom is 0.411 e. The highest BCUT2D eigenvalue weighted by atomic mass is 16.4. The molecule has 1 atom stereocenters. The Morgan fingerprint density at radius 1 is 1.89 bits per heavy atom. The molecule has 50 valence electrons. The van der Waals surface area contributed by atoms with Gasteiger partial charge in [-0.15, -0.1) is 0 Å². The van der Waals surface area contributed by atoms with E-state index in [0.29, 0.717) is 12.5 Å². The fourth-order valence-corrected chi connectivity index (χ4v) is 0.825. The minimum atomic E-state index is -0.865. The molecule has 0 radical (unpaired) electrons. The molecule has 0 saturated carbocycles. The maximum atomic E-state index is 10.2. The first-order chi connectivity index (χ1) is 4.20. The minimum Gasteiger partial charge on any atom is -0.465 e. The zero-order chi connectivity index (χ0) is 6.85. The van der Waals surface area contributed by atoms with Crippen LogP contribution in [0, 0.1) is 5.92 Å². The van der Waals surface area contributed by atoms with Crippen molar-refractivity contribution >= 4 is 6.09 Å². The molecule has 0 aromatic heterocycles. The lowest BCUT2D eigenvalue weighted by Gasteiger charge is -2.08. The van der Waals surface area contributed by atoms with Crippen molar-refractivity contribution in [2.75, 3.05) is 6.54 Å². The molecule has 1 amide bonds. The first kappa shape index (κ1) is 6.13. The van der Waals surface area contributed by atoms with Crippen LogP contribution >= 0.6 is 0 Å². The maximum absolute atomic E-state index is 10.2. The molecule has 1 unspecified atom stereocenters. The molecular weight excluding hydrogens is 118 g/mol. The minimum absolute atomic E-state index is 0.376. The van der Waals surface area contributed by atoms with Crippen molar-refractivity contribution in [2.24, 2.45) is 5.92 Å². The van der Waals surface area contributed by atoms with Crippen LogP contribution in [0.4, 0.5) is 4.79 Å². The summed E-state index contributed by atoms with van der Waals surface area (Å²) in [5.74, 6) is 0.376. The number of nitrogens with zero attached hydrogens (tertiary/aromatic N) is 1. The molecule has 0 bridgehead atoms. The van der Waals surface area contributed by atoms with Crippen molar-refractivity contribution < 1.29 is 9.90 Å². The molecule has 1 aliphatic heterocycles. The SMILES string of the molecule is CC1C=CN(C(=O)O)C1. The Morgan fingerprint density at radius 2 is 2.56 bits per heavy atom. The average Bonchev–Trinajstić information content (AvgIpc) is 2.14. The molecule has 0 aromatic rings. The third kappa shape index (κ3) is 1.22. The number of carbonyl (C=O) groups is 1. The lowest BCUT2D eigenvalue weighted by molar-refractivity contribution is 0.163. The topological polar surface area (TPSA) is 40.5 Å². The molecule has 0 aliphatic carbocycles. The Kier molecular flexibility index (Phi) is 1.42. The van der Waals surface area contributed by atoms with Gasteiger partial charge in [0.15, 0.2) is 0 Å². The zero-order valence-electron chi connectivity index (χ0n) is 5.24. The van der Waals surface area contributed by atoms with E-state index in [9.17, 15) is 4.79 Å². The Morgan fingerprint density at radius 3 is 2.78 bits per heavy atom. The first-order valence-corrected chi connectivity index (χ1v) is 2.88. The Hall–Kier alpha value is -0.990. The Bertz CT molecular complexity index is 153. The lowest BCUT2D eigenvalue weighted by atomic mass is 10.2. The van der Waals surface area contributed by atoms with Gasteiger partial charge in [-0.05, 0) is 5.92 Å². The monoisotopic (exact) mass is 127 g/mol. The van der Waals surface area contributed by atoms with Crippen molar-refractivity contribution in [3.05, 3.63) is 12.3 Å². The normalized spacial score (nSPS) is 25.0. The standard InChI is InChI=1S/C6H9NO2/c1-5-2-3-7(4-5)6(8)9/h2-3,5H,4H2,1H3,(H,8,9). The number of hydrogen-bond acceptors (Lipinski definition) is 1. The zero-order valence-corrected chi connectivity index (χ0v) is 5.24. The molecule has 1 N–H and O–H groups in total. The van der Waals surface area contributed by atoms with Crippen LogP contribution in [0.25, 0.3) is 0 Å². The highest BCUT2D eigenvalue weighted by molar-refractivity contribution is 5.66. The average molecular weight is 127 g/mol. The first-order valence-electron chi connectivity index (χ1n) is 2.88. The van der Waals surface area contributed by atoms with Crippen LogP contribution in [0.3, 0.4) is 0 Å². The lowest BCUT2D eigenvalue weighted by Crippen LogP contribution is -2.23. The molecule has 1 heterocycles. The molecule has 0 aromatic carbocycles. The Labute approximate surface area is 53.6 Å². The van der Waals surface area contributed by atoms with E-state index in [0.717, 1.165) is 0 Å². The summed E-state index contributed by atoms with van der Waals surface area (Å²) in [7, 11) is 0. The fraction of sp³-hybridized carbons (Fsp3) is 0.500. The van der Waals surface area contributed by atoms with E-state index >= 15 is 0 Å². The molecule has 3 nitrogen and oxygen atoms in total. The van der Waals surface area contributed by atoms with Crippen LogP contribution in [0.5, 0.6) is 0 Å². The fourth-order valence-electron chi connectivity index (χ4n) is 0.825. The predicted octanol–water partition coefficient (Wildman–Crippen LogP) is 1.13. The predicted molar refractivity (Wildman–Crippen MR) is 33.0 cm³/mol.